The minimum Gasteiger partial charge on any atom is -0.505 e. The van der Waals surface area contributed by atoms with E-state index in [0.717, 1.165) is 0 Å². The Bertz CT molecular complexity index is 915. The van der Waals surface area contributed by atoms with Crippen LogP contribution in [0.15, 0.2) is 68.0 Å². The summed E-state index contributed by atoms with van der Waals surface area (Å²) in [4.78, 5) is 11.9. The van der Waals surface area contributed by atoms with Crippen molar-refractivity contribution in [2.45, 2.75) is 0 Å². The average molecular weight is 296 g/mol. The van der Waals surface area contributed by atoms with Gasteiger partial charge < -0.3 is 14.3 Å². The number of benzene rings is 2. The first-order chi connectivity index (χ1) is 10.7. The maximum absolute atomic E-state index is 11.9. The van der Waals surface area contributed by atoms with E-state index in [1.165, 1.54) is 0 Å². The second-order valence-electron chi connectivity index (χ2n) is 4.48. The summed E-state index contributed by atoms with van der Waals surface area (Å²) in [6.07, 6.45) is 0. The van der Waals surface area contributed by atoms with E-state index in [-0.39, 0.29) is 11.4 Å². The molecule has 0 bridgehead atoms. The lowest BCUT2D eigenvalue weighted by molar-refractivity contribution is 0.415. The molecule has 3 rings (SSSR count). The highest BCUT2D eigenvalue weighted by molar-refractivity contribution is 5.87. The highest BCUT2D eigenvalue weighted by atomic mass is 16.5. The van der Waals surface area contributed by atoms with Gasteiger partial charge >= 0.3 is 5.63 Å². The lowest BCUT2D eigenvalue weighted by atomic mass is 10.2. The molecule has 0 saturated heterocycles. The normalized spacial score (nSPS) is 11.1. The number of nitrogens with zero attached hydrogens (tertiary/aromatic N) is 2. The van der Waals surface area contributed by atoms with E-state index in [4.69, 9.17) is 9.15 Å². The minimum absolute atomic E-state index is 0.235. The summed E-state index contributed by atoms with van der Waals surface area (Å²) in [6.45, 7) is 0. The van der Waals surface area contributed by atoms with Crippen molar-refractivity contribution in [3.05, 3.63) is 59.0 Å². The molecule has 1 heterocycles. The number of methoxy groups -OCH3 is 1. The van der Waals surface area contributed by atoms with E-state index in [1.54, 1.807) is 55.6 Å². The van der Waals surface area contributed by atoms with Crippen LogP contribution >= 0.6 is 0 Å². The fourth-order valence-electron chi connectivity index (χ4n) is 1.99. The molecule has 0 saturated carbocycles. The number of hydrogen-bond donors (Lipinski definition) is 1. The molecule has 0 radical (unpaired) electrons. The summed E-state index contributed by atoms with van der Waals surface area (Å²) in [7, 11) is 1.54. The van der Waals surface area contributed by atoms with E-state index < -0.39 is 5.63 Å². The van der Waals surface area contributed by atoms with Gasteiger partial charge in [-0.25, -0.2) is 4.79 Å². The predicted octanol–water partition coefficient (Wildman–Crippen LogP) is 3.92. The van der Waals surface area contributed by atoms with Gasteiger partial charge in [-0.2, -0.15) is 5.11 Å². The van der Waals surface area contributed by atoms with Crippen LogP contribution in [0, 0.1) is 0 Å². The lowest BCUT2D eigenvalue weighted by Crippen LogP contribution is -1.98. The Balaban J connectivity index is 2.06. The number of hydrogen-bond acceptors (Lipinski definition) is 6. The molecule has 1 aromatic heterocycles. The van der Waals surface area contributed by atoms with Crippen molar-refractivity contribution >= 4 is 22.3 Å². The molecule has 0 spiro atoms. The highest BCUT2D eigenvalue weighted by Gasteiger charge is 2.13. The maximum Gasteiger partial charge on any atom is 0.368 e. The Morgan fingerprint density at radius 1 is 1.09 bits per heavy atom. The zero-order valence-corrected chi connectivity index (χ0v) is 11.7. The van der Waals surface area contributed by atoms with Gasteiger partial charge in [0.15, 0.2) is 5.75 Å². The summed E-state index contributed by atoms with van der Waals surface area (Å²) in [5, 5.41) is 18.3. The molecule has 1 N–H and O–H groups in total. The average Bonchev–Trinajstić information content (AvgIpc) is 2.55. The van der Waals surface area contributed by atoms with Crippen LogP contribution in [0.4, 0.5) is 11.4 Å². The fourth-order valence-corrected chi connectivity index (χ4v) is 1.99. The smallest absolute Gasteiger partial charge is 0.368 e. The van der Waals surface area contributed by atoms with Crippen LogP contribution in [0.2, 0.25) is 0 Å². The number of ether oxygens (including phenoxy) is 1. The summed E-state index contributed by atoms with van der Waals surface area (Å²) in [5.41, 5.74) is -0.194. The van der Waals surface area contributed by atoms with E-state index in [1.807, 2.05) is 0 Å². The van der Waals surface area contributed by atoms with Gasteiger partial charge in [-0.3, -0.25) is 0 Å². The van der Waals surface area contributed by atoms with Crippen LogP contribution in [0.3, 0.4) is 0 Å². The third-order valence-electron chi connectivity index (χ3n) is 3.08. The molecule has 6 nitrogen and oxygen atoms in total. The number of fused-ring (bicyclic) bond motifs is 1. The fraction of sp³-hybridized carbons (Fsp3) is 0.0625. The molecular weight excluding hydrogens is 284 g/mol. The number of azo groups is 1. The zero-order valence-electron chi connectivity index (χ0n) is 11.7. The number of para-hydroxylation sites is 1. The molecule has 0 unspecified atom stereocenters. The van der Waals surface area contributed by atoms with E-state index in [0.29, 0.717) is 22.4 Å². The number of aromatic hydroxyl groups is 1. The van der Waals surface area contributed by atoms with Crippen molar-refractivity contribution in [1.29, 1.82) is 0 Å². The van der Waals surface area contributed by atoms with Crippen LogP contribution in [-0.4, -0.2) is 12.2 Å². The van der Waals surface area contributed by atoms with Crippen molar-refractivity contribution < 1.29 is 14.3 Å². The van der Waals surface area contributed by atoms with Crippen molar-refractivity contribution in [1.82, 2.24) is 0 Å². The van der Waals surface area contributed by atoms with Gasteiger partial charge in [0, 0.05) is 6.07 Å². The molecule has 0 aliphatic heterocycles. The summed E-state index contributed by atoms with van der Waals surface area (Å²) in [6, 6.07) is 13.5. The second kappa shape index (κ2) is 5.69. The van der Waals surface area contributed by atoms with Crippen LogP contribution in [-0.2, 0) is 0 Å². The molecule has 22 heavy (non-hydrogen) atoms. The first-order valence-corrected chi connectivity index (χ1v) is 6.49. The number of rotatable bonds is 3. The van der Waals surface area contributed by atoms with Crippen molar-refractivity contribution in [2.24, 2.45) is 10.2 Å². The van der Waals surface area contributed by atoms with Gasteiger partial charge in [0.05, 0.1) is 18.2 Å². The van der Waals surface area contributed by atoms with Crippen molar-refractivity contribution in [3.8, 4) is 11.5 Å². The summed E-state index contributed by atoms with van der Waals surface area (Å²) < 4.78 is 10.2. The lowest BCUT2D eigenvalue weighted by Gasteiger charge is -2.02. The molecule has 6 heteroatoms. The van der Waals surface area contributed by atoms with Gasteiger partial charge in [0.25, 0.3) is 0 Å². The SMILES string of the molecule is COc1cccc(N=Nc2c(O)c3ccccc3oc2=O)c1. The van der Waals surface area contributed by atoms with Gasteiger partial charge in [0.1, 0.15) is 11.3 Å². The Morgan fingerprint density at radius 2 is 1.91 bits per heavy atom. The standard InChI is InChI=1S/C16H12N2O4/c1-21-11-6-4-5-10(9-11)17-18-14-15(19)12-7-2-3-8-13(12)22-16(14)20/h2-9,19H,1H3. The molecule has 0 aliphatic carbocycles. The molecule has 2 aromatic carbocycles. The zero-order chi connectivity index (χ0) is 15.5. The molecule has 3 aromatic rings. The third kappa shape index (κ3) is 2.54. The Hall–Kier alpha value is -3.15. The van der Waals surface area contributed by atoms with Crippen molar-refractivity contribution in [2.75, 3.05) is 7.11 Å². The Morgan fingerprint density at radius 3 is 2.73 bits per heavy atom. The van der Waals surface area contributed by atoms with Gasteiger partial charge in [0.2, 0.25) is 5.69 Å². The second-order valence-corrected chi connectivity index (χ2v) is 4.48. The molecular formula is C16H12N2O4. The van der Waals surface area contributed by atoms with Crippen LogP contribution < -0.4 is 10.4 Å². The minimum atomic E-state index is -0.747. The predicted molar refractivity (Wildman–Crippen MR) is 81.3 cm³/mol. The van der Waals surface area contributed by atoms with Crippen LogP contribution in [0.5, 0.6) is 11.5 Å². The molecule has 0 amide bonds. The molecule has 110 valence electrons. The molecule has 0 atom stereocenters. The van der Waals surface area contributed by atoms with Crippen LogP contribution in [0.25, 0.3) is 11.0 Å². The quantitative estimate of drug-likeness (QED) is 0.586. The first kappa shape index (κ1) is 13.8. The Kier molecular flexibility index (Phi) is 3.57. The molecule has 0 fully saturated rings. The van der Waals surface area contributed by atoms with Gasteiger partial charge in [-0.15, -0.1) is 5.11 Å². The topological polar surface area (TPSA) is 84.4 Å². The largest absolute Gasteiger partial charge is 0.505 e. The summed E-state index contributed by atoms with van der Waals surface area (Å²) in [5.74, 6) is 0.365. The summed E-state index contributed by atoms with van der Waals surface area (Å²) >= 11 is 0. The van der Waals surface area contributed by atoms with Crippen LogP contribution in [0.1, 0.15) is 0 Å². The first-order valence-electron chi connectivity index (χ1n) is 6.49. The van der Waals surface area contributed by atoms with Crippen molar-refractivity contribution in [3.63, 3.8) is 0 Å². The highest BCUT2D eigenvalue weighted by Crippen LogP contribution is 2.32. The molecule has 0 aliphatic rings. The maximum atomic E-state index is 11.9. The third-order valence-corrected chi connectivity index (χ3v) is 3.08. The van der Waals surface area contributed by atoms with E-state index >= 15 is 0 Å². The van der Waals surface area contributed by atoms with Gasteiger partial charge in [-0.1, -0.05) is 18.2 Å². The van der Waals surface area contributed by atoms with E-state index in [2.05, 4.69) is 10.2 Å². The Labute approximate surface area is 125 Å². The van der Waals surface area contributed by atoms with E-state index in [9.17, 15) is 9.90 Å². The van der Waals surface area contributed by atoms with Gasteiger partial charge in [-0.05, 0) is 24.3 Å². The monoisotopic (exact) mass is 296 g/mol.